The van der Waals surface area contributed by atoms with Crippen molar-refractivity contribution in [2.24, 2.45) is 0 Å². The number of nitrogens with one attached hydrogen (secondary N) is 1. The van der Waals surface area contributed by atoms with Crippen LogP contribution in [0.15, 0.2) is 36.4 Å². The van der Waals surface area contributed by atoms with Gasteiger partial charge in [0.1, 0.15) is 11.6 Å². The quantitative estimate of drug-likeness (QED) is 0.671. The zero-order valence-electron chi connectivity index (χ0n) is 10.3. The maximum Gasteiger partial charge on any atom is 0.271 e. The first-order valence-electron chi connectivity index (χ1n) is 5.62. The third-order valence-electron chi connectivity index (χ3n) is 2.60. The third kappa shape index (κ3) is 3.26. The van der Waals surface area contributed by atoms with E-state index in [1.54, 1.807) is 0 Å². The zero-order valence-corrected chi connectivity index (χ0v) is 11.1. The fourth-order valence-corrected chi connectivity index (χ4v) is 1.80. The molecular formula is C13H8ClFN2O4. The molecule has 0 fully saturated rings. The average molecular weight is 311 g/mol. The molecule has 108 valence electrons. The van der Waals surface area contributed by atoms with E-state index in [-0.39, 0.29) is 27.7 Å². The third-order valence-corrected chi connectivity index (χ3v) is 2.93. The molecular weight excluding hydrogens is 303 g/mol. The fraction of sp³-hybridized carbons (Fsp3) is 0. The lowest BCUT2D eigenvalue weighted by atomic mass is 10.2. The second kappa shape index (κ2) is 5.76. The summed E-state index contributed by atoms with van der Waals surface area (Å²) in [4.78, 5) is 21.9. The molecule has 2 aromatic rings. The van der Waals surface area contributed by atoms with Crippen LogP contribution in [0.25, 0.3) is 0 Å². The summed E-state index contributed by atoms with van der Waals surface area (Å²) in [5, 5.41) is 22.2. The van der Waals surface area contributed by atoms with Gasteiger partial charge in [-0.2, -0.15) is 0 Å². The Hall–Kier alpha value is -2.67. The van der Waals surface area contributed by atoms with Crippen LogP contribution in [0, 0.1) is 15.9 Å². The minimum atomic E-state index is -0.828. The van der Waals surface area contributed by atoms with Crippen LogP contribution in [0.3, 0.4) is 0 Å². The predicted octanol–water partition coefficient (Wildman–Crippen LogP) is 3.35. The van der Waals surface area contributed by atoms with Crippen molar-refractivity contribution >= 4 is 28.9 Å². The number of non-ortho nitro benzene ring substituents is 1. The van der Waals surface area contributed by atoms with Gasteiger partial charge in [0.15, 0.2) is 0 Å². The van der Waals surface area contributed by atoms with Gasteiger partial charge in [-0.3, -0.25) is 14.9 Å². The highest BCUT2D eigenvalue weighted by atomic mass is 35.5. The monoisotopic (exact) mass is 310 g/mol. The molecule has 0 unspecified atom stereocenters. The molecule has 0 bridgehead atoms. The SMILES string of the molecule is O=C(Nc1cc([N+](=O)[O-])ccc1F)c1cc(O)ccc1Cl. The topological polar surface area (TPSA) is 92.5 Å². The number of carbonyl (C=O) groups excluding carboxylic acids is 1. The highest BCUT2D eigenvalue weighted by Crippen LogP contribution is 2.25. The lowest BCUT2D eigenvalue weighted by molar-refractivity contribution is -0.384. The van der Waals surface area contributed by atoms with Crippen LogP contribution in [0.5, 0.6) is 5.75 Å². The summed E-state index contributed by atoms with van der Waals surface area (Å²) >= 11 is 5.80. The Labute approximate surface area is 122 Å². The Morgan fingerprint density at radius 3 is 2.67 bits per heavy atom. The Morgan fingerprint density at radius 2 is 2.00 bits per heavy atom. The van der Waals surface area contributed by atoms with E-state index in [2.05, 4.69) is 5.32 Å². The molecule has 0 atom stereocenters. The van der Waals surface area contributed by atoms with Crippen molar-refractivity contribution in [3.63, 3.8) is 0 Å². The van der Waals surface area contributed by atoms with Gasteiger partial charge in [0.25, 0.3) is 11.6 Å². The summed E-state index contributed by atoms with van der Waals surface area (Å²) in [6.07, 6.45) is 0. The Balaban J connectivity index is 2.33. The first-order chi connectivity index (χ1) is 9.88. The summed E-state index contributed by atoms with van der Waals surface area (Å²) in [7, 11) is 0. The molecule has 2 N–H and O–H groups in total. The van der Waals surface area contributed by atoms with Crippen molar-refractivity contribution < 1.29 is 19.2 Å². The molecule has 0 aliphatic rings. The Kier molecular flexibility index (Phi) is 4.04. The van der Waals surface area contributed by atoms with Gasteiger partial charge in [-0.25, -0.2) is 4.39 Å². The Bertz CT molecular complexity index is 736. The molecule has 0 spiro atoms. The van der Waals surface area contributed by atoms with Crippen molar-refractivity contribution in [2.75, 3.05) is 5.32 Å². The number of rotatable bonds is 3. The van der Waals surface area contributed by atoms with Crippen molar-refractivity contribution in [2.45, 2.75) is 0 Å². The number of phenols is 1. The summed E-state index contributed by atoms with van der Waals surface area (Å²) < 4.78 is 13.6. The van der Waals surface area contributed by atoms with Gasteiger partial charge in [0.05, 0.1) is 21.2 Å². The van der Waals surface area contributed by atoms with Gasteiger partial charge in [0.2, 0.25) is 0 Å². The van der Waals surface area contributed by atoms with E-state index in [0.29, 0.717) is 0 Å². The number of aromatic hydroxyl groups is 1. The van der Waals surface area contributed by atoms with Gasteiger partial charge in [-0.15, -0.1) is 0 Å². The van der Waals surface area contributed by atoms with Gasteiger partial charge in [-0.1, -0.05) is 11.6 Å². The summed E-state index contributed by atoms with van der Waals surface area (Å²) in [5.41, 5.74) is -0.801. The van der Waals surface area contributed by atoms with E-state index in [1.165, 1.54) is 12.1 Å². The Morgan fingerprint density at radius 1 is 1.29 bits per heavy atom. The molecule has 0 radical (unpaired) electrons. The van der Waals surface area contributed by atoms with Crippen LogP contribution >= 0.6 is 11.6 Å². The number of amides is 1. The van der Waals surface area contributed by atoms with Gasteiger partial charge >= 0.3 is 0 Å². The zero-order chi connectivity index (χ0) is 15.6. The number of phenolic OH excluding ortho intramolecular Hbond substituents is 1. The number of hydrogen-bond acceptors (Lipinski definition) is 4. The van der Waals surface area contributed by atoms with Gasteiger partial charge < -0.3 is 10.4 Å². The van der Waals surface area contributed by atoms with E-state index < -0.39 is 16.6 Å². The molecule has 2 rings (SSSR count). The number of anilines is 1. The highest BCUT2D eigenvalue weighted by molar-refractivity contribution is 6.34. The van der Waals surface area contributed by atoms with Crippen LogP contribution in [-0.4, -0.2) is 15.9 Å². The molecule has 0 aromatic heterocycles. The number of nitro groups is 1. The molecule has 1 amide bonds. The predicted molar refractivity (Wildman–Crippen MR) is 74.1 cm³/mol. The first kappa shape index (κ1) is 14.7. The number of carbonyl (C=O) groups is 1. The van der Waals surface area contributed by atoms with Crippen LogP contribution < -0.4 is 5.32 Å². The maximum absolute atomic E-state index is 13.6. The normalized spacial score (nSPS) is 10.2. The van der Waals surface area contributed by atoms with Crippen molar-refractivity contribution in [1.82, 2.24) is 0 Å². The average Bonchev–Trinajstić information content (AvgIpc) is 2.43. The van der Waals surface area contributed by atoms with Crippen LogP contribution in [0.4, 0.5) is 15.8 Å². The second-order valence-corrected chi connectivity index (χ2v) is 4.45. The van der Waals surface area contributed by atoms with E-state index in [0.717, 1.165) is 24.3 Å². The molecule has 0 heterocycles. The number of nitrogens with zero attached hydrogens (tertiary/aromatic N) is 1. The molecule has 8 heteroatoms. The van der Waals surface area contributed by atoms with E-state index in [1.807, 2.05) is 0 Å². The first-order valence-corrected chi connectivity index (χ1v) is 6.00. The van der Waals surface area contributed by atoms with E-state index in [9.17, 15) is 24.4 Å². The smallest absolute Gasteiger partial charge is 0.271 e. The lowest BCUT2D eigenvalue weighted by Gasteiger charge is -2.08. The molecule has 0 saturated heterocycles. The van der Waals surface area contributed by atoms with Gasteiger partial charge in [0, 0.05) is 12.1 Å². The highest BCUT2D eigenvalue weighted by Gasteiger charge is 2.16. The van der Waals surface area contributed by atoms with Crippen LogP contribution in [0.1, 0.15) is 10.4 Å². The second-order valence-electron chi connectivity index (χ2n) is 4.04. The molecule has 6 nitrogen and oxygen atoms in total. The minimum absolute atomic E-state index is 0.0520. The van der Waals surface area contributed by atoms with Crippen LogP contribution in [-0.2, 0) is 0 Å². The number of hydrogen-bond donors (Lipinski definition) is 2. The molecule has 0 saturated carbocycles. The van der Waals surface area contributed by atoms with Gasteiger partial charge in [-0.05, 0) is 24.3 Å². The molecule has 2 aromatic carbocycles. The van der Waals surface area contributed by atoms with Crippen molar-refractivity contribution in [1.29, 1.82) is 0 Å². The molecule has 0 aliphatic heterocycles. The van der Waals surface area contributed by atoms with Crippen molar-refractivity contribution in [3.8, 4) is 5.75 Å². The molecule has 21 heavy (non-hydrogen) atoms. The number of halogens is 2. The standard InChI is InChI=1S/C13H8ClFN2O4/c14-10-3-2-8(18)6-9(10)13(19)16-12-5-7(17(20)21)1-4-11(12)15/h1-6,18H,(H,16,19). The summed E-state index contributed by atoms with van der Waals surface area (Å²) in [6, 6.07) is 6.43. The lowest BCUT2D eigenvalue weighted by Crippen LogP contribution is -2.13. The number of nitro benzene ring substituents is 1. The van der Waals surface area contributed by atoms with E-state index >= 15 is 0 Å². The molecule has 0 aliphatic carbocycles. The van der Waals surface area contributed by atoms with E-state index in [4.69, 9.17) is 11.6 Å². The summed E-state index contributed by atoms with van der Waals surface area (Å²) in [6.45, 7) is 0. The number of benzene rings is 2. The summed E-state index contributed by atoms with van der Waals surface area (Å²) in [5.74, 6) is -1.82. The maximum atomic E-state index is 13.6. The van der Waals surface area contributed by atoms with Crippen LogP contribution in [0.2, 0.25) is 5.02 Å². The largest absolute Gasteiger partial charge is 0.508 e. The minimum Gasteiger partial charge on any atom is -0.508 e. The van der Waals surface area contributed by atoms with Crippen molar-refractivity contribution in [3.05, 3.63) is 62.9 Å². The fourth-order valence-electron chi connectivity index (χ4n) is 1.60.